The van der Waals surface area contributed by atoms with Gasteiger partial charge >= 0.3 is 6.03 Å². The van der Waals surface area contributed by atoms with E-state index in [0.29, 0.717) is 5.75 Å². The zero-order chi connectivity index (χ0) is 17.2. The van der Waals surface area contributed by atoms with Gasteiger partial charge in [-0.2, -0.15) is 0 Å². The van der Waals surface area contributed by atoms with Gasteiger partial charge in [-0.15, -0.1) is 0 Å². The Morgan fingerprint density at radius 2 is 2.04 bits per heavy atom. The van der Waals surface area contributed by atoms with Gasteiger partial charge in [-0.25, -0.2) is 4.79 Å². The van der Waals surface area contributed by atoms with Gasteiger partial charge in [0.2, 0.25) is 5.91 Å². The van der Waals surface area contributed by atoms with Gasteiger partial charge in [-0.1, -0.05) is 32.9 Å². The number of imide groups is 1. The Hall–Kier alpha value is -2.08. The smallest absolute Gasteiger partial charge is 0.324 e. The van der Waals surface area contributed by atoms with Crippen LogP contribution in [-0.2, 0) is 10.2 Å². The molecule has 3 amide bonds. The minimum absolute atomic E-state index is 0.0141. The molecule has 6 nitrogen and oxygen atoms in total. The number of ether oxygens (including phenoxy) is 1. The molecule has 1 unspecified atom stereocenters. The lowest BCUT2D eigenvalue weighted by atomic mass is 9.86. The highest BCUT2D eigenvalue weighted by molar-refractivity contribution is 6.01. The van der Waals surface area contributed by atoms with E-state index >= 15 is 0 Å². The zero-order valence-corrected chi connectivity index (χ0v) is 14.0. The molecule has 1 aromatic carbocycles. The number of urea groups is 1. The third-order valence-electron chi connectivity index (χ3n) is 3.80. The summed E-state index contributed by atoms with van der Waals surface area (Å²) in [4.78, 5) is 23.9. The molecule has 0 aliphatic carbocycles. The second-order valence-corrected chi connectivity index (χ2v) is 6.86. The zero-order valence-electron chi connectivity index (χ0n) is 14.0. The molecule has 2 rings (SSSR count). The summed E-state index contributed by atoms with van der Waals surface area (Å²) in [5.41, 5.74) is 2.26. The highest BCUT2D eigenvalue weighted by Gasteiger charge is 2.30. The van der Waals surface area contributed by atoms with Gasteiger partial charge in [0.05, 0.1) is 13.1 Å². The van der Waals surface area contributed by atoms with Crippen molar-refractivity contribution >= 4 is 11.9 Å². The number of aliphatic hydroxyl groups is 1. The van der Waals surface area contributed by atoms with Gasteiger partial charge in [0.25, 0.3) is 0 Å². The quantitative estimate of drug-likeness (QED) is 0.808. The maximum atomic E-state index is 11.5. The van der Waals surface area contributed by atoms with Gasteiger partial charge in [-0.3, -0.25) is 9.69 Å². The summed E-state index contributed by atoms with van der Waals surface area (Å²) in [6.07, 6.45) is -0.926. The molecule has 0 spiro atoms. The molecule has 1 saturated heterocycles. The van der Waals surface area contributed by atoms with Crippen molar-refractivity contribution in [1.82, 2.24) is 10.2 Å². The second kappa shape index (κ2) is 6.58. The summed E-state index contributed by atoms with van der Waals surface area (Å²) in [5, 5.41) is 12.4. The summed E-state index contributed by atoms with van der Waals surface area (Å²) >= 11 is 0. The molecule has 1 fully saturated rings. The van der Waals surface area contributed by atoms with Crippen molar-refractivity contribution in [2.24, 2.45) is 0 Å². The number of hydrogen-bond donors (Lipinski definition) is 2. The monoisotopic (exact) mass is 320 g/mol. The number of amides is 3. The maximum Gasteiger partial charge on any atom is 0.324 e. The van der Waals surface area contributed by atoms with Gasteiger partial charge < -0.3 is 15.2 Å². The number of aliphatic hydroxyl groups excluding tert-OH is 1. The number of rotatable bonds is 5. The molecule has 0 saturated carbocycles. The summed E-state index contributed by atoms with van der Waals surface area (Å²) in [5.74, 6) is 0.356. The molecular weight excluding hydrogens is 296 g/mol. The van der Waals surface area contributed by atoms with E-state index in [0.717, 1.165) is 10.5 Å². The Bertz CT molecular complexity index is 591. The Balaban J connectivity index is 1.93. The first-order valence-electron chi connectivity index (χ1n) is 7.68. The maximum absolute atomic E-state index is 11.5. The SMILES string of the molecule is Cc1cc(C(C)(C)C)ccc1OCC(O)CN1C(=O)CNC1=O. The number of carbonyl (C=O) groups excluding carboxylic acids is 2. The second-order valence-electron chi connectivity index (χ2n) is 6.86. The van der Waals surface area contributed by atoms with Crippen LogP contribution in [0.25, 0.3) is 0 Å². The molecule has 6 heteroatoms. The Labute approximate surface area is 136 Å². The highest BCUT2D eigenvalue weighted by atomic mass is 16.5. The van der Waals surface area contributed by atoms with Crippen molar-refractivity contribution in [3.63, 3.8) is 0 Å². The lowest BCUT2D eigenvalue weighted by Gasteiger charge is -2.21. The number of hydrogen-bond acceptors (Lipinski definition) is 4. The number of carbonyl (C=O) groups is 2. The largest absolute Gasteiger partial charge is 0.491 e. The van der Waals surface area contributed by atoms with E-state index in [1.54, 1.807) is 0 Å². The average Bonchev–Trinajstić information content (AvgIpc) is 2.77. The predicted octanol–water partition coefficient (Wildman–Crippen LogP) is 1.58. The predicted molar refractivity (Wildman–Crippen MR) is 86.5 cm³/mol. The number of aryl methyl sites for hydroxylation is 1. The van der Waals surface area contributed by atoms with Crippen LogP contribution in [0.1, 0.15) is 31.9 Å². The summed E-state index contributed by atoms with van der Waals surface area (Å²) in [6, 6.07) is 5.49. The normalized spacial score (nSPS) is 16.5. The van der Waals surface area contributed by atoms with Crippen molar-refractivity contribution in [1.29, 1.82) is 0 Å². The van der Waals surface area contributed by atoms with E-state index in [9.17, 15) is 14.7 Å². The molecule has 23 heavy (non-hydrogen) atoms. The van der Waals surface area contributed by atoms with E-state index in [1.165, 1.54) is 5.56 Å². The molecule has 1 aliphatic heterocycles. The Morgan fingerprint density at radius 3 is 2.57 bits per heavy atom. The van der Waals surface area contributed by atoms with E-state index in [4.69, 9.17) is 4.74 Å². The van der Waals surface area contributed by atoms with Crippen LogP contribution in [0.4, 0.5) is 4.79 Å². The third kappa shape index (κ3) is 4.22. The Morgan fingerprint density at radius 1 is 1.35 bits per heavy atom. The van der Waals surface area contributed by atoms with Crippen molar-refractivity contribution in [3.05, 3.63) is 29.3 Å². The molecular formula is C17H24N2O4. The van der Waals surface area contributed by atoms with Crippen LogP contribution in [0.15, 0.2) is 18.2 Å². The van der Waals surface area contributed by atoms with Crippen LogP contribution in [0, 0.1) is 6.92 Å². The molecule has 1 heterocycles. The van der Waals surface area contributed by atoms with Crippen LogP contribution in [0.5, 0.6) is 5.75 Å². The van der Waals surface area contributed by atoms with E-state index in [2.05, 4.69) is 32.2 Å². The molecule has 126 valence electrons. The fraction of sp³-hybridized carbons (Fsp3) is 0.529. The first kappa shape index (κ1) is 17.3. The number of nitrogens with zero attached hydrogens (tertiary/aromatic N) is 1. The van der Waals surface area contributed by atoms with Crippen LogP contribution in [-0.4, -0.2) is 47.7 Å². The molecule has 0 aromatic heterocycles. The fourth-order valence-electron chi connectivity index (χ4n) is 2.37. The molecule has 1 aliphatic rings. The fourth-order valence-corrected chi connectivity index (χ4v) is 2.37. The third-order valence-corrected chi connectivity index (χ3v) is 3.80. The number of β-amino-alcohol motifs (C(OH)–C–C–N with tert-alkyl or cyclic N) is 1. The van der Waals surface area contributed by atoms with Gasteiger partial charge in [0.1, 0.15) is 18.5 Å². The van der Waals surface area contributed by atoms with E-state index in [1.807, 2.05) is 19.1 Å². The van der Waals surface area contributed by atoms with Crippen LogP contribution >= 0.6 is 0 Å². The van der Waals surface area contributed by atoms with Crippen molar-refractivity contribution in [2.75, 3.05) is 19.7 Å². The minimum Gasteiger partial charge on any atom is -0.491 e. The molecule has 2 N–H and O–H groups in total. The lowest BCUT2D eigenvalue weighted by molar-refractivity contribution is -0.126. The van der Waals surface area contributed by atoms with Crippen LogP contribution in [0.2, 0.25) is 0 Å². The molecule has 0 bridgehead atoms. The van der Waals surface area contributed by atoms with Crippen LogP contribution in [0.3, 0.4) is 0 Å². The van der Waals surface area contributed by atoms with Crippen LogP contribution < -0.4 is 10.1 Å². The van der Waals surface area contributed by atoms with Crippen molar-refractivity contribution in [2.45, 2.75) is 39.2 Å². The van der Waals surface area contributed by atoms with E-state index < -0.39 is 12.1 Å². The van der Waals surface area contributed by atoms with Gasteiger partial charge in [0, 0.05) is 0 Å². The van der Waals surface area contributed by atoms with Gasteiger partial charge in [0.15, 0.2) is 0 Å². The first-order chi connectivity index (χ1) is 10.7. The molecule has 0 radical (unpaired) electrons. The summed E-state index contributed by atoms with van der Waals surface area (Å²) < 4.78 is 5.63. The van der Waals surface area contributed by atoms with Gasteiger partial charge in [-0.05, 0) is 29.5 Å². The molecule has 1 atom stereocenters. The van der Waals surface area contributed by atoms with Crippen molar-refractivity contribution in [3.8, 4) is 5.75 Å². The topological polar surface area (TPSA) is 78.9 Å². The summed E-state index contributed by atoms with van der Waals surface area (Å²) in [7, 11) is 0. The van der Waals surface area contributed by atoms with Crippen molar-refractivity contribution < 1.29 is 19.4 Å². The minimum atomic E-state index is -0.926. The molecule has 1 aromatic rings. The summed E-state index contributed by atoms with van der Waals surface area (Å²) in [6.45, 7) is 8.32. The first-order valence-corrected chi connectivity index (χ1v) is 7.68. The van der Waals surface area contributed by atoms with E-state index in [-0.39, 0.29) is 31.0 Å². The lowest BCUT2D eigenvalue weighted by Crippen LogP contribution is -2.39. The standard InChI is InChI=1S/C17H24N2O4/c1-11-7-12(17(2,3)4)5-6-14(11)23-10-13(20)9-19-15(21)8-18-16(19)22/h5-7,13,20H,8-10H2,1-4H3,(H,18,22). The number of nitrogens with one attached hydrogen (secondary N) is 1. The average molecular weight is 320 g/mol. The highest BCUT2D eigenvalue weighted by Crippen LogP contribution is 2.27. The Kier molecular flexibility index (Phi) is 4.94. The number of benzene rings is 1.